The van der Waals surface area contributed by atoms with Crippen LogP contribution in [0.4, 0.5) is 0 Å². The number of piperidine rings is 1. The quantitative estimate of drug-likeness (QED) is 0.688. The van der Waals surface area contributed by atoms with Crippen LogP contribution in [0, 0.1) is 0 Å². The summed E-state index contributed by atoms with van der Waals surface area (Å²) in [6.45, 7) is 0. The van der Waals surface area contributed by atoms with E-state index in [0.29, 0.717) is 0 Å². The van der Waals surface area contributed by atoms with E-state index in [2.05, 4.69) is 0 Å². The maximum Gasteiger partial charge on any atom is 0.281 e. The number of hydrogen-bond acceptors (Lipinski definition) is 2. The lowest BCUT2D eigenvalue weighted by molar-refractivity contribution is 0.235. The third kappa shape index (κ3) is 1.47. The van der Waals surface area contributed by atoms with E-state index < -0.39 is 10.2 Å². The maximum absolute atomic E-state index is 12.0. The number of hydrogen-bond donors (Lipinski definition) is 0. The lowest BCUT2D eigenvalue weighted by atomic mass is 10.1. The molecule has 0 aliphatic carbocycles. The molecule has 2 rings (SSSR count). The maximum atomic E-state index is 12.0. The molecule has 0 saturated carbocycles. The predicted molar refractivity (Wildman–Crippen MR) is 55.1 cm³/mol. The van der Waals surface area contributed by atoms with Crippen LogP contribution in [-0.4, -0.2) is 43.2 Å². The summed E-state index contributed by atoms with van der Waals surface area (Å²) in [5, 5.41) is 0. The summed E-state index contributed by atoms with van der Waals surface area (Å²) in [5.74, 6) is 0. The van der Waals surface area contributed by atoms with Crippen molar-refractivity contribution in [1.82, 2.24) is 8.61 Å². The fourth-order valence-electron chi connectivity index (χ4n) is 2.63. The van der Waals surface area contributed by atoms with E-state index in [1.807, 2.05) is 0 Å². The molecular formula is C9H18N2O2S. The van der Waals surface area contributed by atoms with Crippen molar-refractivity contribution in [2.45, 2.75) is 44.2 Å². The van der Waals surface area contributed by atoms with Gasteiger partial charge in [0.05, 0.1) is 0 Å². The van der Waals surface area contributed by atoms with Crippen LogP contribution in [0.5, 0.6) is 0 Å². The van der Waals surface area contributed by atoms with Crippen LogP contribution < -0.4 is 0 Å². The Bertz CT molecular complexity index is 297. The molecule has 0 aromatic carbocycles. The van der Waals surface area contributed by atoms with Gasteiger partial charge in [0, 0.05) is 26.2 Å². The zero-order valence-electron chi connectivity index (χ0n) is 8.81. The highest BCUT2D eigenvalue weighted by Crippen LogP contribution is 2.37. The molecule has 2 bridgehead atoms. The minimum atomic E-state index is -3.17. The second-order valence-electron chi connectivity index (χ2n) is 4.44. The Kier molecular flexibility index (Phi) is 2.57. The first-order valence-electron chi connectivity index (χ1n) is 5.24. The highest BCUT2D eigenvalue weighted by molar-refractivity contribution is 7.86. The Morgan fingerprint density at radius 2 is 1.57 bits per heavy atom. The Labute approximate surface area is 86.1 Å². The van der Waals surface area contributed by atoms with Crippen molar-refractivity contribution in [2.75, 3.05) is 14.1 Å². The Balaban J connectivity index is 2.27. The molecule has 2 heterocycles. The Morgan fingerprint density at radius 1 is 1.07 bits per heavy atom. The molecule has 5 heteroatoms. The summed E-state index contributed by atoms with van der Waals surface area (Å²) in [4.78, 5) is 0. The van der Waals surface area contributed by atoms with Gasteiger partial charge in [0.15, 0.2) is 0 Å². The molecule has 0 N–H and O–H groups in total. The zero-order chi connectivity index (χ0) is 10.3. The summed E-state index contributed by atoms with van der Waals surface area (Å²) < 4.78 is 27.1. The molecule has 82 valence electrons. The first-order valence-corrected chi connectivity index (χ1v) is 6.64. The van der Waals surface area contributed by atoms with Gasteiger partial charge >= 0.3 is 0 Å². The van der Waals surface area contributed by atoms with Crippen molar-refractivity contribution >= 4 is 10.2 Å². The van der Waals surface area contributed by atoms with Gasteiger partial charge in [0.2, 0.25) is 0 Å². The van der Waals surface area contributed by atoms with E-state index in [-0.39, 0.29) is 12.1 Å². The first-order chi connectivity index (χ1) is 6.53. The van der Waals surface area contributed by atoms with E-state index >= 15 is 0 Å². The lowest BCUT2D eigenvalue weighted by Gasteiger charge is -2.35. The van der Waals surface area contributed by atoms with E-state index in [1.165, 1.54) is 10.7 Å². The van der Waals surface area contributed by atoms with Gasteiger partial charge in [0.25, 0.3) is 10.2 Å². The largest absolute Gasteiger partial charge is 0.281 e. The number of fused-ring (bicyclic) bond motifs is 2. The SMILES string of the molecule is CN(C)S(=O)(=O)N1C2CCCC1CC2. The minimum Gasteiger partial charge on any atom is -0.195 e. The molecule has 0 aromatic heterocycles. The van der Waals surface area contributed by atoms with Crippen LogP contribution in [0.25, 0.3) is 0 Å². The Hall–Kier alpha value is -0.130. The van der Waals surface area contributed by atoms with E-state index in [9.17, 15) is 8.42 Å². The van der Waals surface area contributed by atoms with Crippen LogP contribution in [0.2, 0.25) is 0 Å². The standard InChI is InChI=1S/C9H18N2O2S/c1-10(2)14(12,13)11-8-4-3-5-9(11)7-6-8/h8-9H,3-7H2,1-2H3. The van der Waals surface area contributed by atoms with Crippen molar-refractivity contribution in [3.05, 3.63) is 0 Å². The zero-order valence-corrected chi connectivity index (χ0v) is 9.63. The second kappa shape index (κ2) is 3.47. The van der Waals surface area contributed by atoms with Crippen LogP contribution in [-0.2, 0) is 10.2 Å². The van der Waals surface area contributed by atoms with Crippen LogP contribution in [0.15, 0.2) is 0 Å². The fraction of sp³-hybridized carbons (Fsp3) is 1.00. The molecule has 2 unspecified atom stereocenters. The van der Waals surface area contributed by atoms with Crippen LogP contribution in [0.3, 0.4) is 0 Å². The molecule has 2 aliphatic rings. The molecule has 2 fully saturated rings. The predicted octanol–water partition coefficient (Wildman–Crippen LogP) is 0.810. The summed E-state index contributed by atoms with van der Waals surface area (Å²) in [5.41, 5.74) is 0. The highest BCUT2D eigenvalue weighted by atomic mass is 32.2. The Morgan fingerprint density at radius 3 is 2.00 bits per heavy atom. The van der Waals surface area contributed by atoms with Gasteiger partial charge in [-0.15, -0.1) is 0 Å². The summed E-state index contributed by atoms with van der Waals surface area (Å²) in [6.07, 6.45) is 5.39. The highest BCUT2D eigenvalue weighted by Gasteiger charge is 2.44. The van der Waals surface area contributed by atoms with Gasteiger partial charge in [-0.25, -0.2) is 0 Å². The fourth-order valence-corrected chi connectivity index (χ4v) is 4.19. The van der Waals surface area contributed by atoms with Crippen LogP contribution in [0.1, 0.15) is 32.1 Å². The summed E-state index contributed by atoms with van der Waals surface area (Å²) in [7, 11) is 0.0598. The molecule has 0 aromatic rings. The molecule has 2 atom stereocenters. The molecule has 4 nitrogen and oxygen atoms in total. The van der Waals surface area contributed by atoms with Gasteiger partial charge in [0.1, 0.15) is 0 Å². The van der Waals surface area contributed by atoms with Gasteiger partial charge < -0.3 is 0 Å². The molecule has 14 heavy (non-hydrogen) atoms. The van der Waals surface area contributed by atoms with Gasteiger partial charge in [-0.05, 0) is 25.7 Å². The van der Waals surface area contributed by atoms with E-state index in [4.69, 9.17) is 0 Å². The topological polar surface area (TPSA) is 40.6 Å². The molecule has 2 saturated heterocycles. The monoisotopic (exact) mass is 218 g/mol. The average molecular weight is 218 g/mol. The van der Waals surface area contributed by atoms with Crippen molar-refractivity contribution in [1.29, 1.82) is 0 Å². The average Bonchev–Trinajstić information content (AvgIpc) is 2.38. The smallest absolute Gasteiger partial charge is 0.195 e. The van der Waals surface area contributed by atoms with E-state index in [1.54, 1.807) is 18.4 Å². The van der Waals surface area contributed by atoms with Gasteiger partial charge in [-0.1, -0.05) is 6.42 Å². The van der Waals surface area contributed by atoms with Gasteiger partial charge in [-0.2, -0.15) is 17.0 Å². The van der Waals surface area contributed by atoms with Crippen molar-refractivity contribution in [3.8, 4) is 0 Å². The summed E-state index contributed by atoms with van der Waals surface area (Å²) >= 11 is 0. The molecule has 0 amide bonds. The van der Waals surface area contributed by atoms with Crippen molar-refractivity contribution in [3.63, 3.8) is 0 Å². The molecule has 2 aliphatic heterocycles. The third-order valence-corrected chi connectivity index (χ3v) is 5.41. The van der Waals surface area contributed by atoms with Crippen molar-refractivity contribution in [2.24, 2.45) is 0 Å². The first kappa shape index (κ1) is 10.4. The number of nitrogens with zero attached hydrogens (tertiary/aromatic N) is 2. The molecule has 0 radical (unpaired) electrons. The van der Waals surface area contributed by atoms with Crippen LogP contribution >= 0.6 is 0 Å². The second-order valence-corrected chi connectivity index (χ2v) is 6.48. The lowest BCUT2D eigenvalue weighted by Crippen LogP contribution is -2.48. The normalized spacial score (nSPS) is 33.9. The third-order valence-electron chi connectivity index (χ3n) is 3.36. The molecule has 0 spiro atoms. The number of rotatable bonds is 2. The van der Waals surface area contributed by atoms with Crippen molar-refractivity contribution < 1.29 is 8.42 Å². The summed E-state index contributed by atoms with van der Waals surface area (Å²) in [6, 6.07) is 0.558. The molecular weight excluding hydrogens is 200 g/mol. The minimum absolute atomic E-state index is 0.279. The van der Waals surface area contributed by atoms with Gasteiger partial charge in [-0.3, -0.25) is 0 Å². The van der Waals surface area contributed by atoms with E-state index in [0.717, 1.165) is 25.7 Å².